The number of hydrogen-bond donors (Lipinski definition) is 1. The van der Waals surface area contributed by atoms with E-state index in [9.17, 15) is 9.59 Å². The summed E-state index contributed by atoms with van der Waals surface area (Å²) in [5, 5.41) is 8.56. The molecule has 0 aromatic heterocycles. The normalized spacial score (nSPS) is 20.0. The minimum absolute atomic E-state index is 0.0672. The number of nitrogens with one attached hydrogen (secondary N) is 1. The predicted octanol–water partition coefficient (Wildman–Crippen LogP) is 2.19. The summed E-state index contributed by atoms with van der Waals surface area (Å²) in [5.74, 6) is -0.350. The number of morpholine rings is 1. The van der Waals surface area contributed by atoms with Crippen molar-refractivity contribution in [3.63, 3.8) is 0 Å². The Balaban J connectivity index is 1.32. The maximum atomic E-state index is 12.6. The van der Waals surface area contributed by atoms with Crippen molar-refractivity contribution < 1.29 is 14.3 Å². The quantitative estimate of drug-likeness (QED) is 0.798. The van der Waals surface area contributed by atoms with Crippen LogP contribution in [0.1, 0.15) is 18.4 Å². The summed E-state index contributed by atoms with van der Waals surface area (Å²) in [4.78, 5) is 27.2. The van der Waals surface area contributed by atoms with Crippen molar-refractivity contribution in [3.05, 3.63) is 66.2 Å². The standard InChI is InChI=1S/C23H26N4O3/c28-22-12-11-21(25-27(22)19-9-5-2-6-10-19)23(29)24-15-20-17-26(13-14-30-20)16-18-7-3-1-4-8-18/h1-10,20H,11-17H2,(H,24,29). The molecular formula is C23H26N4O3. The summed E-state index contributed by atoms with van der Waals surface area (Å²) in [6.07, 6.45) is 0.549. The van der Waals surface area contributed by atoms with E-state index in [1.807, 2.05) is 36.4 Å². The van der Waals surface area contributed by atoms with Crippen molar-refractivity contribution in [2.75, 3.05) is 31.3 Å². The molecule has 2 aromatic carbocycles. The molecule has 2 heterocycles. The Morgan fingerprint density at radius 1 is 1.07 bits per heavy atom. The third-order valence-corrected chi connectivity index (χ3v) is 5.26. The van der Waals surface area contributed by atoms with Crippen LogP contribution >= 0.6 is 0 Å². The smallest absolute Gasteiger partial charge is 0.267 e. The van der Waals surface area contributed by atoms with Crippen LogP contribution in [-0.4, -0.2) is 54.8 Å². The first-order valence-corrected chi connectivity index (χ1v) is 10.3. The number of para-hydroxylation sites is 1. The maximum Gasteiger partial charge on any atom is 0.267 e. The lowest BCUT2D eigenvalue weighted by Crippen LogP contribution is -2.48. The van der Waals surface area contributed by atoms with Gasteiger partial charge in [-0.05, 0) is 17.7 Å². The minimum Gasteiger partial charge on any atom is -0.374 e. The van der Waals surface area contributed by atoms with Crippen LogP contribution in [0.15, 0.2) is 65.8 Å². The SMILES string of the molecule is O=C(NCC1CN(Cc2ccccc2)CCO1)C1=NN(c2ccccc2)C(=O)CC1. The molecule has 0 radical (unpaired) electrons. The molecule has 156 valence electrons. The van der Waals surface area contributed by atoms with Gasteiger partial charge in [0, 0.05) is 39.0 Å². The molecule has 2 aliphatic heterocycles. The van der Waals surface area contributed by atoms with Gasteiger partial charge in [0.25, 0.3) is 5.91 Å². The van der Waals surface area contributed by atoms with Gasteiger partial charge in [-0.2, -0.15) is 5.10 Å². The number of benzene rings is 2. The molecule has 0 spiro atoms. The average Bonchev–Trinajstić information content (AvgIpc) is 2.79. The number of carbonyl (C=O) groups excluding carboxylic acids is 2. The molecule has 2 aliphatic rings. The van der Waals surface area contributed by atoms with E-state index >= 15 is 0 Å². The molecule has 1 atom stereocenters. The van der Waals surface area contributed by atoms with Gasteiger partial charge in [0.1, 0.15) is 5.71 Å². The number of ether oxygens (including phenoxy) is 1. The number of carbonyl (C=O) groups is 2. The minimum atomic E-state index is -0.243. The van der Waals surface area contributed by atoms with Crippen LogP contribution in [0.4, 0.5) is 5.69 Å². The Bertz CT molecular complexity index is 901. The summed E-state index contributed by atoms with van der Waals surface area (Å²) in [7, 11) is 0. The van der Waals surface area contributed by atoms with Gasteiger partial charge in [-0.1, -0.05) is 48.5 Å². The summed E-state index contributed by atoms with van der Waals surface area (Å²) in [6, 6.07) is 19.5. The lowest BCUT2D eigenvalue weighted by molar-refractivity contribution is -0.119. The van der Waals surface area contributed by atoms with Crippen LogP contribution in [-0.2, 0) is 20.9 Å². The lowest BCUT2D eigenvalue weighted by Gasteiger charge is -2.33. The van der Waals surface area contributed by atoms with Crippen molar-refractivity contribution >= 4 is 23.2 Å². The molecule has 30 heavy (non-hydrogen) atoms. The Labute approximate surface area is 176 Å². The van der Waals surface area contributed by atoms with Crippen LogP contribution in [0.25, 0.3) is 0 Å². The molecule has 0 bridgehead atoms. The maximum absolute atomic E-state index is 12.6. The Morgan fingerprint density at radius 3 is 2.57 bits per heavy atom. The largest absolute Gasteiger partial charge is 0.374 e. The van der Waals surface area contributed by atoms with E-state index in [0.29, 0.717) is 31.0 Å². The fraction of sp³-hybridized carbons (Fsp3) is 0.348. The van der Waals surface area contributed by atoms with Gasteiger partial charge in [-0.15, -0.1) is 0 Å². The molecule has 2 aromatic rings. The van der Waals surface area contributed by atoms with Crippen LogP contribution in [0.5, 0.6) is 0 Å². The first kappa shape index (κ1) is 20.3. The lowest BCUT2D eigenvalue weighted by atomic mass is 10.1. The molecular weight excluding hydrogens is 380 g/mol. The average molecular weight is 406 g/mol. The zero-order valence-corrected chi connectivity index (χ0v) is 16.9. The van der Waals surface area contributed by atoms with Crippen molar-refractivity contribution in [3.8, 4) is 0 Å². The molecule has 4 rings (SSSR count). The molecule has 1 N–H and O–H groups in total. The number of rotatable bonds is 6. The van der Waals surface area contributed by atoms with Crippen LogP contribution in [0.2, 0.25) is 0 Å². The molecule has 7 heteroatoms. The second-order valence-electron chi connectivity index (χ2n) is 7.51. The predicted molar refractivity (Wildman–Crippen MR) is 115 cm³/mol. The number of hydrazone groups is 1. The van der Waals surface area contributed by atoms with E-state index in [2.05, 4.69) is 27.5 Å². The van der Waals surface area contributed by atoms with Crippen molar-refractivity contribution in [1.82, 2.24) is 10.2 Å². The molecule has 1 saturated heterocycles. The molecule has 7 nitrogen and oxygen atoms in total. The van der Waals surface area contributed by atoms with E-state index in [4.69, 9.17) is 4.74 Å². The van der Waals surface area contributed by atoms with E-state index in [0.717, 1.165) is 19.6 Å². The second-order valence-corrected chi connectivity index (χ2v) is 7.51. The Morgan fingerprint density at radius 2 is 1.80 bits per heavy atom. The summed E-state index contributed by atoms with van der Waals surface area (Å²) in [6.45, 7) is 3.57. The highest BCUT2D eigenvalue weighted by Gasteiger charge is 2.27. The van der Waals surface area contributed by atoms with Crippen LogP contribution in [0, 0.1) is 0 Å². The first-order chi connectivity index (χ1) is 14.7. The van der Waals surface area contributed by atoms with E-state index in [1.165, 1.54) is 10.6 Å². The van der Waals surface area contributed by atoms with E-state index in [-0.39, 0.29) is 24.3 Å². The van der Waals surface area contributed by atoms with Crippen molar-refractivity contribution in [2.24, 2.45) is 5.10 Å². The van der Waals surface area contributed by atoms with E-state index < -0.39 is 0 Å². The van der Waals surface area contributed by atoms with Gasteiger partial charge in [0.15, 0.2) is 0 Å². The number of anilines is 1. The van der Waals surface area contributed by atoms with Crippen LogP contribution in [0.3, 0.4) is 0 Å². The van der Waals surface area contributed by atoms with Gasteiger partial charge in [0.05, 0.1) is 18.4 Å². The second kappa shape index (κ2) is 9.65. The van der Waals surface area contributed by atoms with Crippen molar-refractivity contribution in [1.29, 1.82) is 0 Å². The fourth-order valence-corrected chi connectivity index (χ4v) is 3.69. The Hall–Kier alpha value is -3.03. The third-order valence-electron chi connectivity index (χ3n) is 5.26. The monoisotopic (exact) mass is 406 g/mol. The summed E-state index contributed by atoms with van der Waals surface area (Å²) >= 11 is 0. The highest BCUT2D eigenvalue weighted by molar-refractivity contribution is 6.40. The number of hydrogen-bond acceptors (Lipinski definition) is 5. The molecule has 0 aliphatic carbocycles. The molecule has 1 unspecified atom stereocenters. The van der Waals surface area contributed by atoms with Crippen molar-refractivity contribution in [2.45, 2.75) is 25.5 Å². The summed E-state index contributed by atoms with van der Waals surface area (Å²) < 4.78 is 5.83. The van der Waals surface area contributed by atoms with Gasteiger partial charge in [-0.3, -0.25) is 14.5 Å². The van der Waals surface area contributed by atoms with Gasteiger partial charge < -0.3 is 10.1 Å². The molecule has 0 saturated carbocycles. The first-order valence-electron chi connectivity index (χ1n) is 10.3. The fourth-order valence-electron chi connectivity index (χ4n) is 3.69. The van der Waals surface area contributed by atoms with E-state index in [1.54, 1.807) is 12.1 Å². The highest BCUT2D eigenvalue weighted by atomic mass is 16.5. The van der Waals surface area contributed by atoms with Gasteiger partial charge >= 0.3 is 0 Å². The molecule has 1 fully saturated rings. The topological polar surface area (TPSA) is 74.2 Å². The summed E-state index contributed by atoms with van der Waals surface area (Å²) in [5.41, 5.74) is 2.31. The number of amides is 2. The number of nitrogens with zero attached hydrogens (tertiary/aromatic N) is 3. The zero-order chi connectivity index (χ0) is 20.8. The third kappa shape index (κ3) is 5.11. The Kier molecular flexibility index (Phi) is 6.51. The zero-order valence-electron chi connectivity index (χ0n) is 16.9. The van der Waals surface area contributed by atoms with Crippen LogP contribution < -0.4 is 10.3 Å². The highest BCUT2D eigenvalue weighted by Crippen LogP contribution is 2.19. The van der Waals surface area contributed by atoms with Gasteiger partial charge in [0.2, 0.25) is 5.91 Å². The van der Waals surface area contributed by atoms with Gasteiger partial charge in [-0.25, -0.2) is 5.01 Å². The molecule has 2 amide bonds.